The lowest BCUT2D eigenvalue weighted by Crippen LogP contribution is -2.15. The largest absolute Gasteiger partial charge is 0.383 e. The van der Waals surface area contributed by atoms with Gasteiger partial charge in [-0.2, -0.15) is 5.26 Å². The van der Waals surface area contributed by atoms with E-state index in [4.69, 9.17) is 11.0 Å². The SMILES string of the molecule is Cc1ccccc1-c1nc(N)c2cnc(NC(=O)[C@@H]3C[C@H]3CC#N)cc2c1C. The van der Waals surface area contributed by atoms with Crippen molar-refractivity contribution in [1.29, 1.82) is 5.26 Å². The first-order chi connectivity index (χ1) is 13.5. The van der Waals surface area contributed by atoms with E-state index < -0.39 is 0 Å². The fourth-order valence-corrected chi connectivity index (χ4v) is 3.66. The number of benzene rings is 1. The van der Waals surface area contributed by atoms with Crippen LogP contribution in [0.15, 0.2) is 36.5 Å². The van der Waals surface area contributed by atoms with Crippen LogP contribution >= 0.6 is 0 Å². The van der Waals surface area contributed by atoms with Gasteiger partial charge in [-0.25, -0.2) is 9.97 Å². The summed E-state index contributed by atoms with van der Waals surface area (Å²) in [5.41, 5.74) is 10.2. The van der Waals surface area contributed by atoms with Gasteiger partial charge in [-0.1, -0.05) is 24.3 Å². The van der Waals surface area contributed by atoms with Crippen molar-refractivity contribution in [3.63, 3.8) is 0 Å². The fraction of sp³-hybridized carbons (Fsp3) is 0.273. The third-order valence-corrected chi connectivity index (χ3v) is 5.44. The number of hydrogen-bond acceptors (Lipinski definition) is 5. The third kappa shape index (κ3) is 3.16. The van der Waals surface area contributed by atoms with Gasteiger partial charge < -0.3 is 11.1 Å². The molecule has 6 nitrogen and oxygen atoms in total. The molecular weight excluding hydrogens is 350 g/mol. The molecule has 1 aliphatic carbocycles. The second kappa shape index (κ2) is 6.93. The number of nitriles is 1. The maximum Gasteiger partial charge on any atom is 0.228 e. The Morgan fingerprint density at radius 1 is 1.32 bits per heavy atom. The number of nitrogens with one attached hydrogen (secondary N) is 1. The molecule has 2 aromatic heterocycles. The van der Waals surface area contributed by atoms with Crippen molar-refractivity contribution in [1.82, 2.24) is 9.97 Å². The molecule has 6 heteroatoms. The number of nitrogen functional groups attached to an aromatic ring is 1. The van der Waals surface area contributed by atoms with Gasteiger partial charge >= 0.3 is 0 Å². The van der Waals surface area contributed by atoms with Gasteiger partial charge in [0.05, 0.1) is 11.8 Å². The molecule has 1 saturated carbocycles. The molecule has 0 radical (unpaired) electrons. The van der Waals surface area contributed by atoms with Crippen LogP contribution in [0.2, 0.25) is 0 Å². The van der Waals surface area contributed by atoms with Crippen LogP contribution in [0.1, 0.15) is 24.0 Å². The molecule has 28 heavy (non-hydrogen) atoms. The molecule has 0 unspecified atom stereocenters. The van der Waals surface area contributed by atoms with Crippen molar-refractivity contribution in [2.24, 2.45) is 11.8 Å². The van der Waals surface area contributed by atoms with Crippen LogP contribution in [-0.2, 0) is 4.79 Å². The number of anilines is 2. The lowest BCUT2D eigenvalue weighted by atomic mass is 9.98. The van der Waals surface area contributed by atoms with Gasteiger partial charge in [-0.3, -0.25) is 4.79 Å². The van der Waals surface area contributed by atoms with E-state index >= 15 is 0 Å². The number of amides is 1. The second-order valence-electron chi connectivity index (χ2n) is 7.35. The molecule has 3 N–H and O–H groups in total. The van der Waals surface area contributed by atoms with E-state index in [1.54, 1.807) is 6.20 Å². The summed E-state index contributed by atoms with van der Waals surface area (Å²) in [4.78, 5) is 21.3. The Labute approximate surface area is 163 Å². The maximum atomic E-state index is 12.4. The summed E-state index contributed by atoms with van der Waals surface area (Å²) in [5, 5.41) is 13.3. The number of nitrogens with two attached hydrogens (primary N) is 1. The molecule has 1 aromatic carbocycles. The van der Waals surface area contributed by atoms with Gasteiger partial charge in [0, 0.05) is 29.5 Å². The molecule has 4 rings (SSSR count). The molecule has 0 aliphatic heterocycles. The zero-order valence-electron chi connectivity index (χ0n) is 15.9. The second-order valence-corrected chi connectivity index (χ2v) is 7.35. The van der Waals surface area contributed by atoms with Crippen molar-refractivity contribution < 1.29 is 4.79 Å². The van der Waals surface area contributed by atoms with Crippen molar-refractivity contribution in [3.8, 4) is 17.3 Å². The van der Waals surface area contributed by atoms with Gasteiger partial charge in [0.15, 0.2) is 0 Å². The van der Waals surface area contributed by atoms with Gasteiger partial charge in [0.25, 0.3) is 0 Å². The van der Waals surface area contributed by atoms with Crippen LogP contribution in [0.5, 0.6) is 0 Å². The molecule has 2 heterocycles. The molecule has 3 aromatic rings. The minimum absolute atomic E-state index is 0.0779. The molecule has 1 fully saturated rings. The van der Waals surface area contributed by atoms with E-state index in [2.05, 4.69) is 21.4 Å². The van der Waals surface area contributed by atoms with Gasteiger partial charge in [-0.05, 0) is 48.8 Å². The van der Waals surface area contributed by atoms with Crippen molar-refractivity contribution in [3.05, 3.63) is 47.7 Å². The van der Waals surface area contributed by atoms with Crippen LogP contribution in [0, 0.1) is 37.0 Å². The number of pyridine rings is 2. The Morgan fingerprint density at radius 3 is 2.86 bits per heavy atom. The number of nitrogens with zero attached hydrogens (tertiary/aromatic N) is 3. The first kappa shape index (κ1) is 17.9. The Balaban J connectivity index is 1.71. The molecule has 0 spiro atoms. The summed E-state index contributed by atoms with van der Waals surface area (Å²) < 4.78 is 0. The first-order valence-corrected chi connectivity index (χ1v) is 9.29. The Hall–Kier alpha value is -3.46. The highest BCUT2D eigenvalue weighted by Crippen LogP contribution is 2.41. The number of carbonyl (C=O) groups is 1. The fourth-order valence-electron chi connectivity index (χ4n) is 3.66. The zero-order chi connectivity index (χ0) is 19.8. The monoisotopic (exact) mass is 371 g/mol. The van der Waals surface area contributed by atoms with Crippen LogP contribution in [0.4, 0.5) is 11.6 Å². The predicted octanol–water partition coefficient (Wildman–Crippen LogP) is 3.98. The number of hydrogen-bond donors (Lipinski definition) is 2. The summed E-state index contributed by atoms with van der Waals surface area (Å²) >= 11 is 0. The van der Waals surface area contributed by atoms with Gasteiger partial charge in [0.1, 0.15) is 11.6 Å². The maximum absolute atomic E-state index is 12.4. The van der Waals surface area contributed by atoms with E-state index in [1.807, 2.05) is 44.2 Å². The topological polar surface area (TPSA) is 105 Å². The molecule has 140 valence electrons. The summed E-state index contributed by atoms with van der Waals surface area (Å²) in [6, 6.07) is 12.0. The van der Waals surface area contributed by atoms with E-state index in [1.165, 1.54) is 0 Å². The third-order valence-electron chi connectivity index (χ3n) is 5.44. The highest BCUT2D eigenvalue weighted by atomic mass is 16.2. The highest BCUT2D eigenvalue weighted by molar-refractivity contribution is 6.00. The highest BCUT2D eigenvalue weighted by Gasteiger charge is 2.42. The molecule has 2 atom stereocenters. The average Bonchev–Trinajstić information content (AvgIpc) is 3.45. The van der Waals surface area contributed by atoms with Crippen molar-refractivity contribution in [2.75, 3.05) is 11.1 Å². The molecule has 1 aliphatic rings. The number of rotatable bonds is 4. The minimum atomic E-state index is -0.0942. The van der Waals surface area contributed by atoms with Crippen LogP contribution < -0.4 is 11.1 Å². The smallest absolute Gasteiger partial charge is 0.228 e. The van der Waals surface area contributed by atoms with Crippen LogP contribution in [0.3, 0.4) is 0 Å². The van der Waals surface area contributed by atoms with Crippen LogP contribution in [0.25, 0.3) is 22.0 Å². The van der Waals surface area contributed by atoms with Gasteiger partial charge in [-0.15, -0.1) is 0 Å². The predicted molar refractivity (Wildman–Crippen MR) is 109 cm³/mol. The summed E-state index contributed by atoms with van der Waals surface area (Å²) in [6.07, 6.45) is 2.84. The van der Waals surface area contributed by atoms with Crippen molar-refractivity contribution in [2.45, 2.75) is 26.7 Å². The normalized spacial score (nSPS) is 17.9. The molecule has 0 bridgehead atoms. The van der Waals surface area contributed by atoms with E-state index in [-0.39, 0.29) is 17.7 Å². The van der Waals surface area contributed by atoms with E-state index in [0.717, 1.165) is 39.6 Å². The van der Waals surface area contributed by atoms with E-state index in [0.29, 0.717) is 18.1 Å². The minimum Gasteiger partial charge on any atom is -0.383 e. The standard InChI is InChI=1S/C22H21N5O/c1-12-5-3-4-6-15(12)20-13(2)16-10-19(25-11-18(16)21(24)27-20)26-22(28)17-9-14(17)7-8-23/h3-6,10-11,14,17H,7,9H2,1-2H3,(H2,24,27)(H,25,26,28)/t14-,17-/m1/s1. The summed E-state index contributed by atoms with van der Waals surface area (Å²) in [5.74, 6) is 0.902. The Morgan fingerprint density at radius 2 is 2.11 bits per heavy atom. The Bertz CT molecular complexity index is 1130. The number of aryl methyl sites for hydroxylation is 2. The molecule has 1 amide bonds. The summed E-state index contributed by atoms with van der Waals surface area (Å²) in [6.45, 7) is 4.05. The number of carbonyl (C=O) groups excluding carboxylic acids is 1. The molecule has 0 saturated heterocycles. The quantitative estimate of drug-likeness (QED) is 0.721. The molecular formula is C22H21N5O. The van der Waals surface area contributed by atoms with E-state index in [9.17, 15) is 4.79 Å². The van der Waals surface area contributed by atoms with Crippen molar-refractivity contribution >= 4 is 28.3 Å². The Kier molecular flexibility index (Phi) is 4.44. The van der Waals surface area contributed by atoms with Crippen LogP contribution in [-0.4, -0.2) is 15.9 Å². The number of aromatic nitrogens is 2. The number of fused-ring (bicyclic) bond motifs is 1. The zero-order valence-corrected chi connectivity index (χ0v) is 15.9. The lowest BCUT2D eigenvalue weighted by molar-refractivity contribution is -0.117. The van der Waals surface area contributed by atoms with Gasteiger partial charge in [0.2, 0.25) is 5.91 Å². The average molecular weight is 371 g/mol. The lowest BCUT2D eigenvalue weighted by Gasteiger charge is -2.14. The summed E-state index contributed by atoms with van der Waals surface area (Å²) in [7, 11) is 0. The first-order valence-electron chi connectivity index (χ1n) is 9.29.